The Labute approximate surface area is 195 Å². The molecule has 8 rings (SSSR count). The Morgan fingerprint density at radius 3 is 2.44 bits per heavy atom. The third-order valence-electron chi connectivity index (χ3n) is 7.24. The van der Waals surface area contributed by atoms with E-state index in [0.29, 0.717) is 0 Å². The normalized spacial score (nSPS) is 13.1. The van der Waals surface area contributed by atoms with Gasteiger partial charge in [-0.3, -0.25) is 9.97 Å². The molecule has 0 N–H and O–H groups in total. The summed E-state index contributed by atoms with van der Waals surface area (Å²) in [6, 6.07) is 28.4. The van der Waals surface area contributed by atoms with Gasteiger partial charge in [-0.15, -0.1) is 0 Å². The fourth-order valence-corrected chi connectivity index (χ4v) is 5.89. The highest BCUT2D eigenvalue weighted by molar-refractivity contribution is 6.19. The maximum absolute atomic E-state index is 4.76. The van der Waals surface area contributed by atoms with E-state index < -0.39 is 0 Å². The van der Waals surface area contributed by atoms with Crippen molar-refractivity contribution in [1.29, 1.82) is 0 Å². The van der Waals surface area contributed by atoms with Gasteiger partial charge in [0.1, 0.15) is 0 Å². The quantitative estimate of drug-likeness (QED) is 0.250. The highest BCUT2D eigenvalue weighted by Gasteiger charge is 2.21. The van der Waals surface area contributed by atoms with Gasteiger partial charge in [-0.05, 0) is 64.7 Å². The molecule has 3 heteroatoms. The van der Waals surface area contributed by atoms with Gasteiger partial charge in [-0.1, -0.05) is 54.6 Å². The molecule has 0 saturated heterocycles. The van der Waals surface area contributed by atoms with Crippen LogP contribution in [0.1, 0.15) is 11.1 Å². The van der Waals surface area contributed by atoms with Crippen LogP contribution in [0.25, 0.3) is 66.1 Å². The van der Waals surface area contributed by atoms with Crippen molar-refractivity contribution in [3.05, 3.63) is 108 Å². The predicted octanol–water partition coefficient (Wildman–Crippen LogP) is 7.60. The summed E-state index contributed by atoms with van der Waals surface area (Å²) in [5, 5.41) is 7.53. The van der Waals surface area contributed by atoms with Crippen LogP contribution in [0.3, 0.4) is 0 Å². The molecule has 0 spiro atoms. The van der Waals surface area contributed by atoms with Crippen molar-refractivity contribution in [3.8, 4) is 5.69 Å². The fraction of sp³-hybridized carbons (Fsp3) is 0.0323. The van der Waals surface area contributed by atoms with Crippen LogP contribution in [0.15, 0.2) is 97.3 Å². The number of allylic oxidation sites excluding steroid dienone is 1. The van der Waals surface area contributed by atoms with E-state index in [1.807, 2.05) is 24.5 Å². The first kappa shape index (κ1) is 18.0. The number of rotatable bonds is 1. The minimum absolute atomic E-state index is 0.939. The number of hydrogen-bond acceptors (Lipinski definition) is 2. The van der Waals surface area contributed by atoms with Crippen molar-refractivity contribution in [1.82, 2.24) is 14.5 Å². The van der Waals surface area contributed by atoms with Crippen molar-refractivity contribution in [2.75, 3.05) is 0 Å². The highest BCUT2D eigenvalue weighted by atomic mass is 15.0. The van der Waals surface area contributed by atoms with Gasteiger partial charge in [0.05, 0.1) is 27.8 Å². The molecule has 4 aromatic carbocycles. The van der Waals surface area contributed by atoms with Gasteiger partial charge in [0.25, 0.3) is 0 Å². The van der Waals surface area contributed by atoms with E-state index in [1.165, 1.54) is 43.7 Å². The van der Waals surface area contributed by atoms with E-state index in [-0.39, 0.29) is 0 Å². The van der Waals surface area contributed by atoms with Crippen molar-refractivity contribution in [3.63, 3.8) is 0 Å². The first-order chi connectivity index (χ1) is 16.9. The molecule has 0 radical (unpaired) electrons. The molecule has 0 aliphatic heterocycles. The molecule has 0 atom stereocenters. The molecule has 7 aromatic rings. The van der Waals surface area contributed by atoms with Gasteiger partial charge in [-0.25, -0.2) is 0 Å². The Kier molecular flexibility index (Phi) is 3.45. The second-order valence-corrected chi connectivity index (χ2v) is 9.02. The van der Waals surface area contributed by atoms with Crippen molar-refractivity contribution < 1.29 is 0 Å². The topological polar surface area (TPSA) is 30.7 Å². The van der Waals surface area contributed by atoms with Crippen LogP contribution in [0.5, 0.6) is 0 Å². The molecule has 1 aliphatic carbocycles. The van der Waals surface area contributed by atoms with Gasteiger partial charge in [-0.2, -0.15) is 0 Å². The molecule has 0 amide bonds. The summed E-state index contributed by atoms with van der Waals surface area (Å²) in [6.07, 6.45) is 9.21. The van der Waals surface area contributed by atoms with Crippen LogP contribution in [-0.2, 0) is 6.42 Å². The molecule has 0 fully saturated rings. The maximum Gasteiger partial charge on any atom is 0.0985 e. The van der Waals surface area contributed by atoms with Crippen molar-refractivity contribution in [2.24, 2.45) is 0 Å². The molecule has 1 aliphatic rings. The number of fused-ring (bicyclic) bond motifs is 7. The average molecular weight is 434 g/mol. The molecule has 0 unspecified atom stereocenters. The van der Waals surface area contributed by atoms with E-state index in [0.717, 1.165) is 33.9 Å². The number of nitrogens with zero attached hydrogens (tertiary/aromatic N) is 3. The Morgan fingerprint density at radius 1 is 0.647 bits per heavy atom. The summed E-state index contributed by atoms with van der Waals surface area (Å²) < 4.78 is 2.43. The predicted molar refractivity (Wildman–Crippen MR) is 142 cm³/mol. The van der Waals surface area contributed by atoms with E-state index in [9.17, 15) is 0 Å². The summed E-state index contributed by atoms with van der Waals surface area (Å²) >= 11 is 0. The number of hydrogen-bond donors (Lipinski definition) is 0. The minimum atomic E-state index is 0.939. The Hall–Kier alpha value is -4.50. The lowest BCUT2D eigenvalue weighted by atomic mass is 9.90. The summed E-state index contributed by atoms with van der Waals surface area (Å²) in [5.41, 5.74) is 8.21. The number of aromatic nitrogens is 3. The molecule has 3 heterocycles. The molecule has 34 heavy (non-hydrogen) atoms. The van der Waals surface area contributed by atoms with Gasteiger partial charge in [0.15, 0.2) is 0 Å². The highest BCUT2D eigenvalue weighted by Crippen LogP contribution is 2.42. The number of benzene rings is 4. The number of pyridine rings is 2. The third kappa shape index (κ3) is 2.26. The average Bonchev–Trinajstić information content (AvgIpc) is 3.23. The summed E-state index contributed by atoms with van der Waals surface area (Å²) in [5.74, 6) is 0. The monoisotopic (exact) mass is 433 g/mol. The molecule has 158 valence electrons. The van der Waals surface area contributed by atoms with Crippen LogP contribution in [0.4, 0.5) is 0 Å². The summed E-state index contributed by atoms with van der Waals surface area (Å²) in [7, 11) is 0. The van der Waals surface area contributed by atoms with Crippen LogP contribution in [0, 0.1) is 0 Å². The largest absolute Gasteiger partial charge is 0.309 e. The lowest BCUT2D eigenvalue weighted by molar-refractivity contribution is 1.20. The minimum Gasteiger partial charge on any atom is -0.309 e. The fourth-order valence-electron chi connectivity index (χ4n) is 5.89. The summed E-state index contributed by atoms with van der Waals surface area (Å²) in [4.78, 5) is 9.42. The van der Waals surface area contributed by atoms with Crippen LogP contribution in [0.2, 0.25) is 0 Å². The zero-order valence-corrected chi connectivity index (χ0v) is 18.4. The van der Waals surface area contributed by atoms with Crippen LogP contribution in [-0.4, -0.2) is 14.5 Å². The lowest BCUT2D eigenvalue weighted by Gasteiger charge is -2.16. The van der Waals surface area contributed by atoms with Crippen LogP contribution < -0.4 is 0 Å². The van der Waals surface area contributed by atoms with Gasteiger partial charge < -0.3 is 4.57 Å². The van der Waals surface area contributed by atoms with E-state index in [1.54, 1.807) is 0 Å². The first-order valence-corrected chi connectivity index (χ1v) is 11.7. The number of para-hydroxylation sites is 1. The second-order valence-electron chi connectivity index (χ2n) is 9.02. The van der Waals surface area contributed by atoms with E-state index in [4.69, 9.17) is 4.98 Å². The Balaban J connectivity index is 1.64. The summed E-state index contributed by atoms with van der Waals surface area (Å²) in [6.45, 7) is 0. The molecule has 3 aromatic heterocycles. The Morgan fingerprint density at radius 2 is 1.47 bits per heavy atom. The van der Waals surface area contributed by atoms with E-state index in [2.05, 4.69) is 88.4 Å². The smallest absolute Gasteiger partial charge is 0.0985 e. The zero-order chi connectivity index (χ0) is 22.2. The van der Waals surface area contributed by atoms with Gasteiger partial charge in [0.2, 0.25) is 0 Å². The first-order valence-electron chi connectivity index (χ1n) is 11.7. The van der Waals surface area contributed by atoms with Gasteiger partial charge >= 0.3 is 0 Å². The SMILES string of the molecule is C1=Cc2cccc3cc4c(c(c23)C1)c1ccccc1n4-c1cc2cccnc2c2ncccc12. The molecule has 0 bridgehead atoms. The molecule has 3 nitrogen and oxygen atoms in total. The van der Waals surface area contributed by atoms with Crippen molar-refractivity contribution >= 4 is 60.5 Å². The maximum atomic E-state index is 4.76. The molecule has 0 saturated carbocycles. The molecular weight excluding hydrogens is 414 g/mol. The second kappa shape index (κ2) is 6.52. The van der Waals surface area contributed by atoms with Gasteiger partial charge in [0, 0.05) is 33.9 Å². The Bertz CT molecular complexity index is 1990. The van der Waals surface area contributed by atoms with Crippen LogP contribution >= 0.6 is 0 Å². The zero-order valence-electron chi connectivity index (χ0n) is 18.4. The van der Waals surface area contributed by atoms with Crippen molar-refractivity contribution in [2.45, 2.75) is 6.42 Å². The standard InChI is InChI=1S/C31H19N3/c1-2-14-25-22(11-1)29-24-12-4-8-19-7-3-9-20(28(19)24)17-27(29)34(25)26-18-21-10-5-15-32-30(21)31-23(26)13-6-16-33-31/h1-11,13-18H,12H2. The lowest BCUT2D eigenvalue weighted by Crippen LogP contribution is -1.99. The third-order valence-corrected chi connectivity index (χ3v) is 7.24. The van der Waals surface area contributed by atoms with E-state index >= 15 is 0 Å². The molecular formula is C31H19N3.